The molecule has 1 aromatic rings. The number of fused-ring (bicyclic) bond motifs is 1. The third kappa shape index (κ3) is 2.40. The lowest BCUT2D eigenvalue weighted by atomic mass is 10.0. The van der Waals surface area contributed by atoms with Crippen LogP contribution in [0.2, 0.25) is 0 Å². The molecule has 0 unspecified atom stereocenters. The molecule has 2 heterocycles. The van der Waals surface area contributed by atoms with Gasteiger partial charge in [0.15, 0.2) is 0 Å². The second kappa shape index (κ2) is 4.35. The molecule has 1 aliphatic rings. The van der Waals surface area contributed by atoms with Gasteiger partial charge in [-0.1, -0.05) is 13.8 Å². The third-order valence-corrected chi connectivity index (χ3v) is 2.91. The van der Waals surface area contributed by atoms with Crippen LogP contribution >= 0.6 is 0 Å². The molecule has 84 valence electrons. The topological polar surface area (TPSA) is 29.9 Å². The highest BCUT2D eigenvalue weighted by Crippen LogP contribution is 2.23. The van der Waals surface area contributed by atoms with Crippen molar-refractivity contribution in [2.45, 2.75) is 46.2 Å². The van der Waals surface area contributed by atoms with Crippen molar-refractivity contribution in [3.8, 4) is 0 Å². The monoisotopic (exact) mass is 207 g/mol. The fourth-order valence-electron chi connectivity index (χ4n) is 2.30. The number of hydrogen-bond acceptors (Lipinski definition) is 2. The van der Waals surface area contributed by atoms with Gasteiger partial charge in [0.1, 0.15) is 5.82 Å². The first kappa shape index (κ1) is 10.7. The van der Waals surface area contributed by atoms with E-state index in [4.69, 9.17) is 0 Å². The standard InChI is InChI=1S/C12H21N3/c1-9(2)7-11-12-14-10(3)8-15(12)6-4-5-13-11/h8-9,11,13H,4-7H2,1-3H3/t11-/m1/s1. The summed E-state index contributed by atoms with van der Waals surface area (Å²) in [5.41, 5.74) is 1.14. The van der Waals surface area contributed by atoms with E-state index in [2.05, 4.69) is 41.8 Å². The number of nitrogens with one attached hydrogen (secondary N) is 1. The quantitative estimate of drug-likeness (QED) is 0.806. The van der Waals surface area contributed by atoms with Gasteiger partial charge in [0.05, 0.1) is 11.7 Å². The summed E-state index contributed by atoms with van der Waals surface area (Å²) in [6, 6.07) is 0.446. The van der Waals surface area contributed by atoms with Crippen molar-refractivity contribution in [3.05, 3.63) is 17.7 Å². The lowest BCUT2D eigenvalue weighted by molar-refractivity contribution is 0.424. The Morgan fingerprint density at radius 2 is 2.40 bits per heavy atom. The van der Waals surface area contributed by atoms with Gasteiger partial charge in [-0.05, 0) is 32.2 Å². The Balaban J connectivity index is 2.24. The van der Waals surface area contributed by atoms with Crippen LogP contribution in [0.4, 0.5) is 0 Å². The van der Waals surface area contributed by atoms with Gasteiger partial charge in [0, 0.05) is 12.7 Å². The SMILES string of the molecule is Cc1cn2c(n1)[C@@H](CC(C)C)NCCC2. The molecule has 0 saturated carbocycles. The van der Waals surface area contributed by atoms with Crippen molar-refractivity contribution in [2.75, 3.05) is 6.54 Å². The van der Waals surface area contributed by atoms with Crippen molar-refractivity contribution in [1.29, 1.82) is 0 Å². The molecule has 1 atom stereocenters. The molecule has 0 aliphatic carbocycles. The molecule has 3 heteroatoms. The number of rotatable bonds is 2. The summed E-state index contributed by atoms with van der Waals surface area (Å²) in [6.07, 6.45) is 4.56. The third-order valence-electron chi connectivity index (χ3n) is 2.91. The van der Waals surface area contributed by atoms with Gasteiger partial charge in [0.25, 0.3) is 0 Å². The predicted molar refractivity (Wildman–Crippen MR) is 61.8 cm³/mol. The van der Waals surface area contributed by atoms with Gasteiger partial charge in [-0.3, -0.25) is 0 Å². The van der Waals surface area contributed by atoms with E-state index in [9.17, 15) is 0 Å². The molecule has 0 bridgehead atoms. The van der Waals surface area contributed by atoms with E-state index in [0.29, 0.717) is 12.0 Å². The Hall–Kier alpha value is -0.830. The molecule has 1 aliphatic heterocycles. The minimum absolute atomic E-state index is 0.446. The van der Waals surface area contributed by atoms with Crippen molar-refractivity contribution >= 4 is 0 Å². The number of aromatic nitrogens is 2. The van der Waals surface area contributed by atoms with Crippen LogP contribution in [0.1, 0.15) is 44.2 Å². The smallest absolute Gasteiger partial charge is 0.126 e. The van der Waals surface area contributed by atoms with Crippen molar-refractivity contribution in [3.63, 3.8) is 0 Å². The molecular formula is C12H21N3. The van der Waals surface area contributed by atoms with Gasteiger partial charge < -0.3 is 9.88 Å². The van der Waals surface area contributed by atoms with Crippen molar-refractivity contribution in [2.24, 2.45) is 5.92 Å². The zero-order chi connectivity index (χ0) is 10.8. The maximum absolute atomic E-state index is 4.65. The zero-order valence-corrected chi connectivity index (χ0v) is 9.95. The van der Waals surface area contributed by atoms with Crippen molar-refractivity contribution < 1.29 is 0 Å². The maximum atomic E-state index is 4.65. The van der Waals surface area contributed by atoms with Gasteiger partial charge >= 0.3 is 0 Å². The molecule has 1 N–H and O–H groups in total. The summed E-state index contributed by atoms with van der Waals surface area (Å²) >= 11 is 0. The average molecular weight is 207 g/mol. The first-order chi connectivity index (χ1) is 7.16. The summed E-state index contributed by atoms with van der Waals surface area (Å²) < 4.78 is 2.32. The van der Waals surface area contributed by atoms with Crippen LogP contribution in [0, 0.1) is 12.8 Å². The first-order valence-corrected chi connectivity index (χ1v) is 5.94. The Bertz CT molecular complexity index is 328. The molecule has 0 fully saturated rings. The fraction of sp³-hybridized carbons (Fsp3) is 0.750. The van der Waals surface area contributed by atoms with Gasteiger partial charge in [-0.15, -0.1) is 0 Å². The normalized spacial score (nSPS) is 21.5. The second-order valence-corrected chi connectivity index (χ2v) is 4.92. The van der Waals surface area contributed by atoms with E-state index in [1.165, 1.54) is 18.7 Å². The molecule has 15 heavy (non-hydrogen) atoms. The highest BCUT2D eigenvalue weighted by Gasteiger charge is 2.20. The Morgan fingerprint density at radius 1 is 1.60 bits per heavy atom. The largest absolute Gasteiger partial charge is 0.333 e. The molecule has 0 radical (unpaired) electrons. The van der Waals surface area contributed by atoms with Crippen LogP contribution in [-0.4, -0.2) is 16.1 Å². The van der Waals surface area contributed by atoms with Gasteiger partial charge in [0.2, 0.25) is 0 Å². The van der Waals surface area contributed by atoms with Crippen LogP contribution < -0.4 is 5.32 Å². The lowest BCUT2D eigenvalue weighted by Gasteiger charge is -2.17. The van der Waals surface area contributed by atoms with E-state index in [0.717, 1.165) is 18.8 Å². The highest BCUT2D eigenvalue weighted by molar-refractivity contribution is 5.07. The molecule has 1 aromatic heterocycles. The van der Waals surface area contributed by atoms with E-state index >= 15 is 0 Å². The van der Waals surface area contributed by atoms with E-state index in [1.54, 1.807) is 0 Å². The molecule has 0 aromatic carbocycles. The van der Waals surface area contributed by atoms with Gasteiger partial charge in [-0.25, -0.2) is 4.98 Å². The van der Waals surface area contributed by atoms with Crippen LogP contribution in [0.5, 0.6) is 0 Å². The molecule has 0 amide bonds. The van der Waals surface area contributed by atoms with Crippen LogP contribution in [-0.2, 0) is 6.54 Å². The summed E-state index contributed by atoms with van der Waals surface area (Å²) in [5.74, 6) is 1.95. The molecule has 2 rings (SSSR count). The lowest BCUT2D eigenvalue weighted by Crippen LogP contribution is -2.23. The van der Waals surface area contributed by atoms with Crippen LogP contribution in [0.15, 0.2) is 6.20 Å². The number of nitrogens with zero attached hydrogens (tertiary/aromatic N) is 2. The predicted octanol–water partition coefficient (Wildman–Crippen LogP) is 2.27. The van der Waals surface area contributed by atoms with E-state index < -0.39 is 0 Å². The number of aryl methyl sites for hydroxylation is 2. The molecular weight excluding hydrogens is 186 g/mol. The summed E-state index contributed by atoms with van der Waals surface area (Å²) in [6.45, 7) is 8.84. The molecule has 0 saturated heterocycles. The highest BCUT2D eigenvalue weighted by atomic mass is 15.1. The minimum Gasteiger partial charge on any atom is -0.333 e. The Labute approximate surface area is 91.9 Å². The molecule has 0 spiro atoms. The Kier molecular flexibility index (Phi) is 3.10. The van der Waals surface area contributed by atoms with Crippen LogP contribution in [0.25, 0.3) is 0 Å². The average Bonchev–Trinajstić information content (AvgIpc) is 2.43. The summed E-state index contributed by atoms with van der Waals surface area (Å²) in [4.78, 5) is 4.65. The zero-order valence-electron chi connectivity index (χ0n) is 9.95. The number of imidazole rings is 1. The van der Waals surface area contributed by atoms with Crippen LogP contribution in [0.3, 0.4) is 0 Å². The van der Waals surface area contributed by atoms with E-state index in [-0.39, 0.29) is 0 Å². The summed E-state index contributed by atoms with van der Waals surface area (Å²) in [5, 5.41) is 3.60. The van der Waals surface area contributed by atoms with Gasteiger partial charge in [-0.2, -0.15) is 0 Å². The fourth-order valence-corrected chi connectivity index (χ4v) is 2.30. The van der Waals surface area contributed by atoms with Crippen molar-refractivity contribution in [1.82, 2.24) is 14.9 Å². The van der Waals surface area contributed by atoms with E-state index in [1.807, 2.05) is 0 Å². The Morgan fingerprint density at radius 3 is 3.13 bits per heavy atom. The number of hydrogen-bond donors (Lipinski definition) is 1. The molecule has 3 nitrogen and oxygen atoms in total. The summed E-state index contributed by atoms with van der Waals surface area (Å²) in [7, 11) is 0. The second-order valence-electron chi connectivity index (χ2n) is 4.92. The minimum atomic E-state index is 0.446. The maximum Gasteiger partial charge on any atom is 0.126 e. The first-order valence-electron chi connectivity index (χ1n) is 5.94.